The lowest BCUT2D eigenvalue weighted by Crippen LogP contribution is -2.29. The maximum atomic E-state index is 6.00. The Morgan fingerprint density at radius 3 is 2.44 bits per heavy atom. The number of benzene rings is 1. The summed E-state index contributed by atoms with van der Waals surface area (Å²) in [5, 5.41) is 0.810. The fourth-order valence-corrected chi connectivity index (χ4v) is 4.77. The van der Waals surface area contributed by atoms with Crippen LogP contribution >= 0.6 is 24.2 Å². The molecule has 1 aliphatic carbocycles. The van der Waals surface area contributed by atoms with Gasteiger partial charge in [-0.05, 0) is 105 Å². The first kappa shape index (κ1) is 20.8. The Balaban J connectivity index is 1.52. The van der Waals surface area contributed by atoms with E-state index >= 15 is 0 Å². The molecule has 0 spiro atoms. The second kappa shape index (κ2) is 10.0. The highest BCUT2D eigenvalue weighted by Crippen LogP contribution is 2.35. The standard InChI is InChI=1S/C24H32ClNS/c1-18(2)22(23-6-3-4-8-24(23)27)7-5-15-26-16-13-20(14-17-26)19-9-11-21(25)12-10-19/h9-13,27H,3-8,14-17H2,1-2H3. The van der Waals surface area contributed by atoms with Gasteiger partial charge in [-0.2, -0.15) is 0 Å². The van der Waals surface area contributed by atoms with Crippen molar-refractivity contribution in [2.45, 2.75) is 58.8 Å². The molecule has 3 rings (SSSR count). The third-order valence-corrected chi connectivity index (χ3v) is 6.56. The summed E-state index contributed by atoms with van der Waals surface area (Å²) in [5.74, 6) is 0. The Bertz CT molecular complexity index is 738. The van der Waals surface area contributed by atoms with Crippen molar-refractivity contribution in [1.29, 1.82) is 0 Å². The topological polar surface area (TPSA) is 3.24 Å². The SMILES string of the molecule is CC(C)=C(CCCN1CC=C(c2ccc(Cl)cc2)CC1)C1=C(S)CCCC1. The molecular formula is C24H32ClNS. The number of hydrogen-bond acceptors (Lipinski definition) is 2. The van der Waals surface area contributed by atoms with Gasteiger partial charge in [0, 0.05) is 18.1 Å². The number of halogens is 1. The molecule has 0 amide bonds. The zero-order valence-corrected chi connectivity index (χ0v) is 18.4. The van der Waals surface area contributed by atoms with E-state index in [2.05, 4.69) is 37.0 Å². The molecule has 146 valence electrons. The van der Waals surface area contributed by atoms with Gasteiger partial charge in [0.05, 0.1) is 0 Å². The van der Waals surface area contributed by atoms with Crippen molar-refractivity contribution in [2.24, 2.45) is 0 Å². The summed E-state index contributed by atoms with van der Waals surface area (Å²) in [6.07, 6.45) is 10.9. The molecule has 27 heavy (non-hydrogen) atoms. The second-order valence-corrected chi connectivity index (χ2v) is 8.98. The van der Waals surface area contributed by atoms with Gasteiger partial charge in [0.15, 0.2) is 0 Å². The van der Waals surface area contributed by atoms with Crippen LogP contribution in [-0.2, 0) is 0 Å². The largest absolute Gasteiger partial charge is 0.299 e. The first-order chi connectivity index (χ1) is 13.0. The Morgan fingerprint density at radius 1 is 1.07 bits per heavy atom. The average Bonchev–Trinajstić information content (AvgIpc) is 2.67. The Labute approximate surface area is 175 Å². The third kappa shape index (κ3) is 5.76. The molecule has 0 N–H and O–H groups in total. The third-order valence-electron chi connectivity index (χ3n) is 5.82. The summed E-state index contributed by atoms with van der Waals surface area (Å²) in [7, 11) is 0. The van der Waals surface area contributed by atoms with E-state index in [-0.39, 0.29) is 0 Å². The van der Waals surface area contributed by atoms with Gasteiger partial charge in [0.1, 0.15) is 0 Å². The molecule has 1 nitrogen and oxygen atoms in total. The van der Waals surface area contributed by atoms with Crippen LogP contribution in [0.3, 0.4) is 0 Å². The Morgan fingerprint density at radius 2 is 1.81 bits per heavy atom. The van der Waals surface area contributed by atoms with Crippen molar-refractivity contribution in [3.63, 3.8) is 0 Å². The van der Waals surface area contributed by atoms with Gasteiger partial charge in [-0.1, -0.05) is 35.4 Å². The minimum Gasteiger partial charge on any atom is -0.299 e. The van der Waals surface area contributed by atoms with Gasteiger partial charge in [-0.25, -0.2) is 0 Å². The van der Waals surface area contributed by atoms with Gasteiger partial charge in [0.25, 0.3) is 0 Å². The van der Waals surface area contributed by atoms with Gasteiger partial charge < -0.3 is 0 Å². The number of nitrogens with zero attached hydrogens (tertiary/aromatic N) is 1. The molecule has 0 bridgehead atoms. The summed E-state index contributed by atoms with van der Waals surface area (Å²) < 4.78 is 0. The number of hydrogen-bond donors (Lipinski definition) is 1. The number of allylic oxidation sites excluding steroid dienone is 4. The van der Waals surface area contributed by atoms with Crippen LogP contribution in [-0.4, -0.2) is 24.5 Å². The van der Waals surface area contributed by atoms with Gasteiger partial charge in [-0.15, -0.1) is 12.6 Å². The lowest BCUT2D eigenvalue weighted by Gasteiger charge is -2.27. The van der Waals surface area contributed by atoms with Crippen molar-refractivity contribution < 1.29 is 0 Å². The molecule has 0 atom stereocenters. The van der Waals surface area contributed by atoms with Gasteiger partial charge >= 0.3 is 0 Å². The van der Waals surface area contributed by atoms with Crippen molar-refractivity contribution >= 4 is 29.8 Å². The molecule has 2 aliphatic rings. The van der Waals surface area contributed by atoms with Crippen molar-refractivity contribution in [2.75, 3.05) is 19.6 Å². The zero-order chi connectivity index (χ0) is 19.2. The number of rotatable bonds is 6. The summed E-state index contributed by atoms with van der Waals surface area (Å²) in [4.78, 5) is 3.92. The predicted octanol–water partition coefficient (Wildman–Crippen LogP) is 7.30. The van der Waals surface area contributed by atoms with E-state index in [0.29, 0.717) is 0 Å². The molecular weight excluding hydrogens is 370 g/mol. The molecule has 0 fully saturated rings. The maximum absolute atomic E-state index is 6.00. The van der Waals surface area contributed by atoms with E-state index in [9.17, 15) is 0 Å². The summed E-state index contributed by atoms with van der Waals surface area (Å²) >= 11 is 10.8. The predicted molar refractivity (Wildman–Crippen MR) is 123 cm³/mol. The van der Waals surface area contributed by atoms with Crippen LogP contribution in [0, 0.1) is 0 Å². The molecule has 0 unspecified atom stereocenters. The molecule has 0 aromatic heterocycles. The molecule has 1 aromatic carbocycles. The number of thiol groups is 1. The van der Waals surface area contributed by atoms with Crippen molar-refractivity contribution in [1.82, 2.24) is 4.90 Å². The highest BCUT2D eigenvalue weighted by molar-refractivity contribution is 7.84. The van der Waals surface area contributed by atoms with Crippen molar-refractivity contribution in [3.05, 3.63) is 62.6 Å². The van der Waals surface area contributed by atoms with Gasteiger partial charge in [-0.3, -0.25) is 4.90 Å². The fourth-order valence-electron chi connectivity index (χ4n) is 4.24. The highest BCUT2D eigenvalue weighted by atomic mass is 35.5. The van der Waals surface area contributed by atoms with E-state index in [1.165, 1.54) is 66.7 Å². The normalized spacial score (nSPS) is 18.4. The van der Waals surface area contributed by atoms with E-state index in [0.717, 1.165) is 24.5 Å². The summed E-state index contributed by atoms with van der Waals surface area (Å²) in [6, 6.07) is 8.25. The molecule has 3 heteroatoms. The van der Waals surface area contributed by atoms with Crippen LogP contribution in [0.25, 0.3) is 5.57 Å². The van der Waals surface area contributed by atoms with Crippen molar-refractivity contribution in [3.8, 4) is 0 Å². The lowest BCUT2D eigenvalue weighted by molar-refractivity contribution is 0.298. The molecule has 1 aliphatic heterocycles. The molecule has 0 radical (unpaired) electrons. The van der Waals surface area contributed by atoms with E-state index < -0.39 is 0 Å². The zero-order valence-electron chi connectivity index (χ0n) is 16.7. The minimum absolute atomic E-state index is 0.810. The maximum Gasteiger partial charge on any atom is 0.0406 e. The Hall–Kier alpha value is -0.960. The monoisotopic (exact) mass is 401 g/mol. The van der Waals surface area contributed by atoms with Crippen LogP contribution in [0.1, 0.15) is 64.4 Å². The first-order valence-corrected chi connectivity index (χ1v) is 11.1. The quantitative estimate of drug-likeness (QED) is 0.489. The smallest absolute Gasteiger partial charge is 0.0406 e. The second-order valence-electron chi connectivity index (χ2n) is 8.00. The van der Waals surface area contributed by atoms with Crippen LogP contribution < -0.4 is 0 Å². The average molecular weight is 402 g/mol. The van der Waals surface area contributed by atoms with Crippen LogP contribution in [0.5, 0.6) is 0 Å². The first-order valence-electron chi connectivity index (χ1n) is 10.3. The molecule has 1 aromatic rings. The van der Waals surface area contributed by atoms with E-state index in [4.69, 9.17) is 24.2 Å². The lowest BCUT2D eigenvalue weighted by atomic mass is 9.88. The fraction of sp³-hybridized carbons (Fsp3) is 0.500. The van der Waals surface area contributed by atoms with E-state index in [1.807, 2.05) is 12.1 Å². The summed E-state index contributed by atoms with van der Waals surface area (Å²) in [6.45, 7) is 7.91. The minimum atomic E-state index is 0.810. The molecule has 0 saturated carbocycles. The van der Waals surface area contributed by atoms with Gasteiger partial charge in [0.2, 0.25) is 0 Å². The highest BCUT2D eigenvalue weighted by Gasteiger charge is 2.17. The van der Waals surface area contributed by atoms with Crippen LogP contribution in [0.4, 0.5) is 0 Å². The van der Waals surface area contributed by atoms with Crippen LogP contribution in [0.2, 0.25) is 5.02 Å². The van der Waals surface area contributed by atoms with Crippen LogP contribution in [0.15, 0.2) is 52.0 Å². The summed E-state index contributed by atoms with van der Waals surface area (Å²) in [5.41, 5.74) is 7.38. The van der Waals surface area contributed by atoms with E-state index in [1.54, 1.807) is 11.1 Å². The Kier molecular flexibility index (Phi) is 7.69. The molecule has 1 heterocycles. The molecule has 0 saturated heterocycles.